The lowest BCUT2D eigenvalue weighted by Gasteiger charge is -2.36. The van der Waals surface area contributed by atoms with E-state index in [0.717, 1.165) is 48.3 Å². The molecule has 194 valence electrons. The standard InChI is InChI=1S/C27H31ClN6O3/c1-37-22-8-6-20(7-9-22)26(36)33-14-16-34(17-15-33)27-29-21(18-25(35)30-27)19-31-10-12-32(13-11-31)24-5-3-2-4-23(24)28/h2-9,18H,10-17,19H2,1H3,(H,29,30,35). The maximum Gasteiger partial charge on any atom is 0.253 e. The van der Waals surface area contributed by atoms with Crippen LogP contribution in [0.3, 0.4) is 0 Å². The molecule has 0 saturated carbocycles. The normalized spacial score (nSPS) is 16.6. The number of ether oxygens (including phenoxy) is 1. The van der Waals surface area contributed by atoms with Crippen LogP contribution in [-0.4, -0.2) is 85.1 Å². The van der Waals surface area contributed by atoms with Crippen LogP contribution in [0, 0.1) is 0 Å². The molecule has 3 aromatic rings. The van der Waals surface area contributed by atoms with Gasteiger partial charge in [-0.2, -0.15) is 0 Å². The first kappa shape index (κ1) is 25.1. The van der Waals surface area contributed by atoms with E-state index in [1.807, 2.05) is 34.1 Å². The Morgan fingerprint density at radius 2 is 1.62 bits per heavy atom. The number of benzene rings is 2. The van der Waals surface area contributed by atoms with Crippen LogP contribution in [0.2, 0.25) is 5.02 Å². The van der Waals surface area contributed by atoms with Crippen molar-refractivity contribution >= 4 is 29.1 Å². The third kappa shape index (κ3) is 5.89. The Balaban J connectivity index is 1.17. The van der Waals surface area contributed by atoms with Gasteiger partial charge in [0, 0.05) is 70.5 Å². The maximum atomic E-state index is 12.9. The van der Waals surface area contributed by atoms with Gasteiger partial charge in [-0.1, -0.05) is 23.7 Å². The molecule has 9 nitrogen and oxygen atoms in total. The minimum atomic E-state index is -0.161. The average molecular weight is 523 g/mol. The van der Waals surface area contributed by atoms with E-state index in [1.54, 1.807) is 37.4 Å². The Morgan fingerprint density at radius 1 is 0.946 bits per heavy atom. The number of anilines is 2. The molecule has 1 N–H and O–H groups in total. The summed E-state index contributed by atoms with van der Waals surface area (Å²) in [5, 5.41) is 0.766. The monoisotopic (exact) mass is 522 g/mol. The number of para-hydroxylation sites is 1. The number of amides is 1. The molecule has 0 unspecified atom stereocenters. The molecule has 2 saturated heterocycles. The summed E-state index contributed by atoms with van der Waals surface area (Å²) < 4.78 is 5.17. The van der Waals surface area contributed by atoms with Gasteiger partial charge in [-0.05, 0) is 36.4 Å². The third-order valence-corrected chi connectivity index (χ3v) is 7.26. The van der Waals surface area contributed by atoms with Gasteiger partial charge in [0.15, 0.2) is 0 Å². The fourth-order valence-electron chi connectivity index (χ4n) is 4.85. The maximum absolute atomic E-state index is 12.9. The molecule has 1 amide bonds. The first-order valence-corrected chi connectivity index (χ1v) is 12.9. The number of piperazine rings is 2. The van der Waals surface area contributed by atoms with Crippen LogP contribution in [0.4, 0.5) is 11.6 Å². The zero-order valence-corrected chi connectivity index (χ0v) is 21.7. The minimum absolute atomic E-state index is 0.00608. The fraction of sp³-hybridized carbons (Fsp3) is 0.370. The number of nitrogens with one attached hydrogen (secondary N) is 1. The molecule has 2 aliphatic rings. The number of nitrogens with zero attached hydrogens (tertiary/aromatic N) is 5. The van der Waals surface area contributed by atoms with Crippen molar-refractivity contribution in [2.75, 3.05) is 69.3 Å². The fourth-order valence-corrected chi connectivity index (χ4v) is 5.10. The lowest BCUT2D eigenvalue weighted by atomic mass is 10.1. The van der Waals surface area contributed by atoms with E-state index < -0.39 is 0 Å². The summed E-state index contributed by atoms with van der Waals surface area (Å²) in [6.07, 6.45) is 0. The number of H-pyrrole nitrogens is 1. The molecule has 0 spiro atoms. The van der Waals surface area contributed by atoms with Gasteiger partial charge in [-0.15, -0.1) is 0 Å². The number of aromatic nitrogens is 2. The predicted octanol–water partition coefficient (Wildman–Crippen LogP) is 2.72. The van der Waals surface area contributed by atoms with E-state index >= 15 is 0 Å². The summed E-state index contributed by atoms with van der Waals surface area (Å²) in [6, 6.07) is 16.6. The summed E-state index contributed by atoms with van der Waals surface area (Å²) in [4.78, 5) is 41.4. The lowest BCUT2D eigenvalue weighted by molar-refractivity contribution is 0.0746. The van der Waals surface area contributed by atoms with Gasteiger partial charge in [0.1, 0.15) is 5.75 Å². The van der Waals surface area contributed by atoms with Crippen molar-refractivity contribution in [2.24, 2.45) is 0 Å². The molecule has 0 atom stereocenters. The molecule has 0 radical (unpaired) electrons. The zero-order valence-electron chi connectivity index (χ0n) is 20.9. The summed E-state index contributed by atoms with van der Waals surface area (Å²) in [7, 11) is 1.60. The molecule has 2 aliphatic heterocycles. The Bertz CT molecular complexity index is 1280. The Hall–Kier alpha value is -3.56. The van der Waals surface area contributed by atoms with E-state index in [0.29, 0.717) is 44.2 Å². The van der Waals surface area contributed by atoms with Crippen molar-refractivity contribution in [1.29, 1.82) is 0 Å². The smallest absolute Gasteiger partial charge is 0.253 e. The predicted molar refractivity (Wildman–Crippen MR) is 145 cm³/mol. The van der Waals surface area contributed by atoms with E-state index in [2.05, 4.69) is 14.8 Å². The number of aromatic amines is 1. The molecule has 10 heteroatoms. The number of hydrogen-bond acceptors (Lipinski definition) is 7. The second-order valence-electron chi connectivity index (χ2n) is 9.28. The van der Waals surface area contributed by atoms with Gasteiger partial charge in [-0.3, -0.25) is 19.5 Å². The summed E-state index contributed by atoms with van der Waals surface area (Å²) in [5.74, 6) is 1.28. The van der Waals surface area contributed by atoms with Crippen LogP contribution in [0.15, 0.2) is 59.4 Å². The Labute approximate surface area is 221 Å². The highest BCUT2D eigenvalue weighted by Gasteiger charge is 2.24. The van der Waals surface area contributed by atoms with E-state index in [9.17, 15) is 9.59 Å². The number of halogens is 1. The molecule has 2 aromatic carbocycles. The number of carbonyl (C=O) groups excluding carboxylic acids is 1. The highest BCUT2D eigenvalue weighted by atomic mass is 35.5. The van der Waals surface area contributed by atoms with Crippen molar-refractivity contribution in [1.82, 2.24) is 19.8 Å². The van der Waals surface area contributed by atoms with Gasteiger partial charge in [0.05, 0.1) is 23.5 Å². The molecular weight excluding hydrogens is 492 g/mol. The largest absolute Gasteiger partial charge is 0.497 e. The SMILES string of the molecule is COc1ccc(C(=O)N2CCN(c3nc(CN4CCN(c5ccccc5Cl)CC4)cc(=O)[nH]3)CC2)cc1. The second-order valence-corrected chi connectivity index (χ2v) is 9.69. The van der Waals surface area contributed by atoms with Gasteiger partial charge in [-0.25, -0.2) is 4.98 Å². The summed E-state index contributed by atoms with van der Waals surface area (Å²) >= 11 is 6.37. The Kier molecular flexibility index (Phi) is 7.62. The lowest BCUT2D eigenvalue weighted by Crippen LogP contribution is -2.49. The first-order chi connectivity index (χ1) is 18.0. The average Bonchev–Trinajstić information content (AvgIpc) is 2.93. The quantitative estimate of drug-likeness (QED) is 0.533. The minimum Gasteiger partial charge on any atom is -0.497 e. The van der Waals surface area contributed by atoms with Crippen molar-refractivity contribution in [3.05, 3.63) is 81.2 Å². The van der Waals surface area contributed by atoms with Crippen molar-refractivity contribution in [3.8, 4) is 5.75 Å². The number of rotatable bonds is 6. The number of hydrogen-bond donors (Lipinski definition) is 1. The third-order valence-electron chi connectivity index (χ3n) is 6.94. The molecule has 0 bridgehead atoms. The number of carbonyl (C=O) groups is 1. The molecule has 3 heterocycles. The molecule has 5 rings (SSSR count). The molecular formula is C27H31ClN6O3. The van der Waals surface area contributed by atoms with Crippen LogP contribution < -0.4 is 20.1 Å². The molecule has 0 aliphatic carbocycles. The van der Waals surface area contributed by atoms with Gasteiger partial charge < -0.3 is 19.4 Å². The van der Waals surface area contributed by atoms with Gasteiger partial charge in [0.25, 0.3) is 11.5 Å². The molecule has 1 aromatic heterocycles. The van der Waals surface area contributed by atoms with Crippen molar-refractivity contribution in [2.45, 2.75) is 6.54 Å². The van der Waals surface area contributed by atoms with Crippen LogP contribution in [-0.2, 0) is 6.54 Å². The molecule has 37 heavy (non-hydrogen) atoms. The van der Waals surface area contributed by atoms with Crippen LogP contribution in [0.25, 0.3) is 0 Å². The Morgan fingerprint density at radius 3 is 2.30 bits per heavy atom. The zero-order chi connectivity index (χ0) is 25.8. The first-order valence-electron chi connectivity index (χ1n) is 12.5. The molecule has 2 fully saturated rings. The van der Waals surface area contributed by atoms with Crippen LogP contribution >= 0.6 is 11.6 Å². The second kappa shape index (κ2) is 11.2. The summed E-state index contributed by atoms with van der Waals surface area (Å²) in [6.45, 7) is 6.39. The van der Waals surface area contributed by atoms with Crippen molar-refractivity contribution < 1.29 is 9.53 Å². The van der Waals surface area contributed by atoms with Gasteiger partial charge >= 0.3 is 0 Å². The topological polar surface area (TPSA) is 85.0 Å². The summed E-state index contributed by atoms with van der Waals surface area (Å²) in [5.41, 5.74) is 2.29. The number of methoxy groups -OCH3 is 1. The van der Waals surface area contributed by atoms with E-state index in [-0.39, 0.29) is 11.5 Å². The highest BCUT2D eigenvalue weighted by molar-refractivity contribution is 6.33. The van der Waals surface area contributed by atoms with E-state index in [1.165, 1.54) is 0 Å². The highest BCUT2D eigenvalue weighted by Crippen LogP contribution is 2.26. The van der Waals surface area contributed by atoms with Crippen LogP contribution in [0.1, 0.15) is 16.1 Å². The van der Waals surface area contributed by atoms with Crippen LogP contribution in [0.5, 0.6) is 5.75 Å². The van der Waals surface area contributed by atoms with Crippen molar-refractivity contribution in [3.63, 3.8) is 0 Å². The van der Waals surface area contributed by atoms with E-state index in [4.69, 9.17) is 21.3 Å². The van der Waals surface area contributed by atoms with Gasteiger partial charge in [0.2, 0.25) is 5.95 Å².